The standard InChI is InChI=1S/C9H10Cl2N2O5/c10-3-1-13(9(17)12-7(3)16)8-5(11)6(15)4(2-14)18-8/h1,4-6,8,14-15H,2H2,(H,12,16,17)/t4-,5-,6-,8-/m1/s1. The maximum atomic E-state index is 11.6. The zero-order valence-corrected chi connectivity index (χ0v) is 10.4. The van der Waals surface area contributed by atoms with Gasteiger partial charge in [-0.25, -0.2) is 4.79 Å². The largest absolute Gasteiger partial charge is 0.394 e. The van der Waals surface area contributed by atoms with Crippen LogP contribution in [0.5, 0.6) is 0 Å². The summed E-state index contributed by atoms with van der Waals surface area (Å²) in [4.78, 5) is 24.7. The first kappa shape index (κ1) is 13.6. The van der Waals surface area contributed by atoms with Crippen molar-refractivity contribution in [1.82, 2.24) is 9.55 Å². The van der Waals surface area contributed by atoms with Crippen molar-refractivity contribution in [2.75, 3.05) is 6.61 Å². The fraction of sp³-hybridized carbons (Fsp3) is 0.556. The molecule has 0 radical (unpaired) electrons. The van der Waals surface area contributed by atoms with Crippen LogP contribution in [0.15, 0.2) is 15.8 Å². The molecule has 0 aromatic carbocycles. The van der Waals surface area contributed by atoms with E-state index in [-0.39, 0.29) is 5.02 Å². The fourth-order valence-corrected chi connectivity index (χ4v) is 2.22. The molecule has 7 nitrogen and oxygen atoms in total. The molecule has 1 aliphatic rings. The summed E-state index contributed by atoms with van der Waals surface area (Å²) in [5.74, 6) is 0. The van der Waals surface area contributed by atoms with E-state index < -0.39 is 41.7 Å². The van der Waals surface area contributed by atoms with Crippen LogP contribution >= 0.6 is 23.2 Å². The van der Waals surface area contributed by atoms with Gasteiger partial charge < -0.3 is 14.9 Å². The predicted molar refractivity (Wildman–Crippen MR) is 63.0 cm³/mol. The first-order valence-corrected chi connectivity index (χ1v) is 5.86. The number of nitrogens with zero attached hydrogens (tertiary/aromatic N) is 1. The Bertz CT molecular complexity index is 557. The van der Waals surface area contributed by atoms with Gasteiger partial charge in [-0.3, -0.25) is 14.3 Å². The van der Waals surface area contributed by atoms with Gasteiger partial charge in [0.1, 0.15) is 22.6 Å². The third-order valence-corrected chi connectivity index (χ3v) is 3.42. The summed E-state index contributed by atoms with van der Waals surface area (Å²) >= 11 is 11.5. The van der Waals surface area contributed by atoms with Gasteiger partial charge in [-0.15, -0.1) is 11.6 Å². The van der Waals surface area contributed by atoms with Crippen LogP contribution in [0, 0.1) is 0 Å². The van der Waals surface area contributed by atoms with Gasteiger partial charge in [0.15, 0.2) is 6.23 Å². The van der Waals surface area contributed by atoms with Crippen LogP contribution in [0.3, 0.4) is 0 Å². The number of aromatic nitrogens is 2. The Balaban J connectivity index is 2.42. The van der Waals surface area contributed by atoms with Gasteiger partial charge in [0.25, 0.3) is 5.56 Å². The number of hydrogen-bond acceptors (Lipinski definition) is 5. The topological polar surface area (TPSA) is 105 Å². The molecular weight excluding hydrogens is 287 g/mol. The van der Waals surface area contributed by atoms with Crippen molar-refractivity contribution in [3.63, 3.8) is 0 Å². The first-order chi connectivity index (χ1) is 8.45. The molecule has 0 unspecified atom stereocenters. The van der Waals surface area contributed by atoms with Gasteiger partial charge in [-0.2, -0.15) is 0 Å². The minimum Gasteiger partial charge on any atom is -0.394 e. The normalized spacial score (nSPS) is 31.8. The first-order valence-electron chi connectivity index (χ1n) is 5.05. The highest BCUT2D eigenvalue weighted by Crippen LogP contribution is 2.32. The number of aliphatic hydroxyl groups excluding tert-OH is 2. The molecule has 100 valence electrons. The minimum atomic E-state index is -1.13. The molecule has 0 saturated carbocycles. The van der Waals surface area contributed by atoms with Gasteiger partial charge in [-0.05, 0) is 0 Å². The van der Waals surface area contributed by atoms with Gasteiger partial charge in [-0.1, -0.05) is 11.6 Å². The van der Waals surface area contributed by atoms with Gasteiger partial charge in [0, 0.05) is 6.20 Å². The lowest BCUT2D eigenvalue weighted by Gasteiger charge is -2.16. The molecule has 2 heterocycles. The fourth-order valence-electron chi connectivity index (χ4n) is 1.73. The molecule has 0 aliphatic carbocycles. The van der Waals surface area contributed by atoms with E-state index in [0.29, 0.717) is 0 Å². The van der Waals surface area contributed by atoms with E-state index in [1.54, 1.807) is 0 Å². The Hall–Kier alpha value is -0.860. The number of H-pyrrole nitrogens is 1. The molecule has 9 heteroatoms. The molecule has 1 aromatic heterocycles. The smallest absolute Gasteiger partial charge is 0.330 e. The molecular formula is C9H10Cl2N2O5. The Morgan fingerprint density at radius 2 is 2.17 bits per heavy atom. The average Bonchev–Trinajstić information content (AvgIpc) is 2.61. The van der Waals surface area contributed by atoms with Crippen LogP contribution in [0.2, 0.25) is 5.02 Å². The third kappa shape index (κ3) is 2.19. The lowest BCUT2D eigenvalue weighted by atomic mass is 10.2. The Morgan fingerprint density at radius 3 is 2.72 bits per heavy atom. The second kappa shape index (κ2) is 5.02. The van der Waals surface area contributed by atoms with Crippen LogP contribution in [-0.4, -0.2) is 44.0 Å². The number of nitrogens with one attached hydrogen (secondary N) is 1. The van der Waals surface area contributed by atoms with Crippen molar-refractivity contribution < 1.29 is 14.9 Å². The third-order valence-electron chi connectivity index (χ3n) is 2.67. The Morgan fingerprint density at radius 1 is 1.50 bits per heavy atom. The summed E-state index contributed by atoms with van der Waals surface area (Å²) in [5, 5.41) is 17.5. The number of halogens is 2. The Kier molecular flexibility index (Phi) is 3.79. The van der Waals surface area contributed by atoms with Crippen molar-refractivity contribution in [3.8, 4) is 0 Å². The number of alkyl halides is 1. The average molecular weight is 297 g/mol. The van der Waals surface area contributed by atoms with Gasteiger partial charge >= 0.3 is 5.69 Å². The highest BCUT2D eigenvalue weighted by atomic mass is 35.5. The van der Waals surface area contributed by atoms with Gasteiger partial charge in [0.2, 0.25) is 0 Å². The summed E-state index contributed by atoms with van der Waals surface area (Å²) in [5.41, 5.74) is -1.48. The summed E-state index contributed by atoms with van der Waals surface area (Å²) in [6.07, 6.45) is -1.95. The maximum absolute atomic E-state index is 11.6. The Labute approximate surface area is 111 Å². The number of hydrogen-bond donors (Lipinski definition) is 3. The van der Waals surface area contributed by atoms with E-state index in [9.17, 15) is 14.7 Å². The number of aromatic amines is 1. The second-order valence-electron chi connectivity index (χ2n) is 3.83. The summed E-state index contributed by atoms with van der Waals surface area (Å²) < 4.78 is 6.22. The molecule has 3 N–H and O–H groups in total. The minimum absolute atomic E-state index is 0.205. The molecule has 1 aromatic rings. The van der Waals surface area contributed by atoms with Crippen molar-refractivity contribution in [2.24, 2.45) is 0 Å². The summed E-state index contributed by atoms with van der Waals surface area (Å²) in [7, 11) is 0. The maximum Gasteiger partial charge on any atom is 0.330 e. The van der Waals surface area contributed by atoms with E-state index >= 15 is 0 Å². The molecule has 18 heavy (non-hydrogen) atoms. The number of aliphatic hydroxyl groups is 2. The highest BCUT2D eigenvalue weighted by Gasteiger charge is 2.43. The molecule has 2 rings (SSSR count). The number of rotatable bonds is 2. The van der Waals surface area contributed by atoms with Gasteiger partial charge in [0.05, 0.1) is 6.61 Å². The number of ether oxygens (including phenoxy) is 1. The van der Waals surface area contributed by atoms with E-state index in [4.69, 9.17) is 33.0 Å². The molecule has 0 bridgehead atoms. The van der Waals surface area contributed by atoms with Crippen LogP contribution in [0.25, 0.3) is 0 Å². The van der Waals surface area contributed by atoms with E-state index in [1.165, 1.54) is 0 Å². The summed E-state index contributed by atoms with van der Waals surface area (Å²) in [6.45, 7) is -0.438. The van der Waals surface area contributed by atoms with Crippen molar-refractivity contribution in [2.45, 2.75) is 23.8 Å². The van der Waals surface area contributed by atoms with E-state index in [1.807, 2.05) is 4.98 Å². The summed E-state index contributed by atoms with van der Waals surface area (Å²) in [6, 6.07) is 0. The van der Waals surface area contributed by atoms with E-state index in [0.717, 1.165) is 10.8 Å². The molecule has 1 fully saturated rings. The predicted octanol–water partition coefficient (Wildman–Crippen LogP) is -0.952. The molecule has 1 saturated heterocycles. The van der Waals surface area contributed by atoms with Crippen molar-refractivity contribution in [1.29, 1.82) is 0 Å². The van der Waals surface area contributed by atoms with Crippen molar-refractivity contribution >= 4 is 23.2 Å². The molecule has 0 spiro atoms. The molecule has 0 amide bonds. The lowest BCUT2D eigenvalue weighted by Crippen LogP contribution is -2.35. The van der Waals surface area contributed by atoms with Crippen LogP contribution in [0.4, 0.5) is 0 Å². The van der Waals surface area contributed by atoms with Crippen LogP contribution in [-0.2, 0) is 4.74 Å². The monoisotopic (exact) mass is 296 g/mol. The zero-order chi connectivity index (χ0) is 13.4. The zero-order valence-electron chi connectivity index (χ0n) is 8.92. The van der Waals surface area contributed by atoms with Crippen LogP contribution < -0.4 is 11.2 Å². The lowest BCUT2D eigenvalue weighted by molar-refractivity contribution is -0.0457. The second-order valence-corrected chi connectivity index (χ2v) is 4.74. The van der Waals surface area contributed by atoms with Crippen LogP contribution in [0.1, 0.15) is 6.23 Å². The molecule has 1 aliphatic heterocycles. The van der Waals surface area contributed by atoms with Crippen molar-refractivity contribution in [3.05, 3.63) is 32.1 Å². The quantitative estimate of drug-likeness (QED) is 0.610. The van der Waals surface area contributed by atoms with E-state index in [2.05, 4.69) is 0 Å². The molecule has 4 atom stereocenters. The highest BCUT2D eigenvalue weighted by molar-refractivity contribution is 6.30. The SMILES string of the molecule is O=c1[nH]c(=O)n([C@@H]2O[C@H](CO)[C@@H](O)[C@H]2Cl)cc1Cl.